The first-order valence-corrected chi connectivity index (χ1v) is 12.2. The molecule has 0 atom stereocenters. The molecule has 0 unspecified atom stereocenters. The van der Waals surface area contributed by atoms with E-state index in [2.05, 4.69) is 20.6 Å². The number of carbonyl (C=O) groups excluding carboxylic acids is 2. The SMILES string of the molecule is CCc1ccccc1NC(=O)CNC(=O)CSc1ncnc2scc(-c3ccc(F)cc3)c12. The number of aromatic nitrogens is 2. The standard InChI is InChI=1S/C24H21FN4O2S2/c1-2-15-5-3-4-6-19(15)29-20(30)11-26-21(31)13-33-24-22-18(12-32-23(22)27-14-28-24)16-7-9-17(25)10-8-16/h3-10,12,14H,2,11,13H2,1H3,(H,26,31)(H,29,30). The van der Waals surface area contributed by atoms with Crippen LogP contribution in [0.1, 0.15) is 12.5 Å². The van der Waals surface area contributed by atoms with Gasteiger partial charge >= 0.3 is 0 Å². The summed E-state index contributed by atoms with van der Waals surface area (Å²) >= 11 is 2.74. The van der Waals surface area contributed by atoms with Gasteiger partial charge in [0.15, 0.2) is 0 Å². The van der Waals surface area contributed by atoms with Gasteiger partial charge in [0.2, 0.25) is 11.8 Å². The summed E-state index contributed by atoms with van der Waals surface area (Å²) in [6.45, 7) is 1.90. The maximum Gasteiger partial charge on any atom is 0.243 e. The van der Waals surface area contributed by atoms with E-state index in [1.54, 1.807) is 12.1 Å². The number of thioether (sulfide) groups is 1. The highest BCUT2D eigenvalue weighted by atomic mass is 32.2. The highest BCUT2D eigenvalue weighted by molar-refractivity contribution is 8.00. The zero-order valence-corrected chi connectivity index (χ0v) is 19.4. The summed E-state index contributed by atoms with van der Waals surface area (Å²) < 4.78 is 13.3. The Morgan fingerprint density at radius 2 is 1.85 bits per heavy atom. The number of halogens is 1. The number of amides is 2. The lowest BCUT2D eigenvalue weighted by Crippen LogP contribution is -2.34. The highest BCUT2D eigenvalue weighted by Crippen LogP contribution is 2.37. The lowest BCUT2D eigenvalue weighted by atomic mass is 10.1. The van der Waals surface area contributed by atoms with Crippen molar-refractivity contribution >= 4 is 50.8 Å². The first-order valence-electron chi connectivity index (χ1n) is 10.3. The molecule has 0 bridgehead atoms. The van der Waals surface area contributed by atoms with Crippen LogP contribution in [0.4, 0.5) is 10.1 Å². The molecule has 0 fully saturated rings. The summed E-state index contributed by atoms with van der Waals surface area (Å²) in [5, 5.41) is 8.94. The molecule has 0 saturated heterocycles. The Morgan fingerprint density at radius 3 is 2.64 bits per heavy atom. The maximum absolute atomic E-state index is 13.3. The van der Waals surface area contributed by atoms with Crippen molar-refractivity contribution in [2.75, 3.05) is 17.6 Å². The fraction of sp³-hybridized carbons (Fsp3) is 0.167. The van der Waals surface area contributed by atoms with Crippen LogP contribution >= 0.6 is 23.1 Å². The Morgan fingerprint density at radius 1 is 1.06 bits per heavy atom. The van der Waals surface area contributed by atoms with Crippen molar-refractivity contribution in [2.45, 2.75) is 18.4 Å². The van der Waals surface area contributed by atoms with Crippen LogP contribution in [0.25, 0.3) is 21.3 Å². The van der Waals surface area contributed by atoms with E-state index in [0.717, 1.165) is 39.0 Å². The molecule has 2 N–H and O–H groups in total. The fourth-order valence-electron chi connectivity index (χ4n) is 3.31. The average Bonchev–Trinajstić information content (AvgIpc) is 3.27. The Balaban J connectivity index is 1.38. The second-order valence-corrected chi connectivity index (χ2v) is 8.96. The van der Waals surface area contributed by atoms with Gasteiger partial charge in [-0.25, -0.2) is 14.4 Å². The van der Waals surface area contributed by atoms with E-state index < -0.39 is 0 Å². The number of nitrogens with zero attached hydrogens (tertiary/aromatic N) is 2. The monoisotopic (exact) mass is 480 g/mol. The third-order valence-corrected chi connectivity index (χ3v) is 6.82. The number of thiophene rings is 1. The Kier molecular flexibility index (Phi) is 7.31. The molecule has 2 aromatic carbocycles. The van der Waals surface area contributed by atoms with Crippen LogP contribution in [0, 0.1) is 5.82 Å². The molecule has 0 aliphatic heterocycles. The van der Waals surface area contributed by atoms with Gasteiger partial charge in [-0.3, -0.25) is 9.59 Å². The molecule has 9 heteroatoms. The van der Waals surface area contributed by atoms with Crippen molar-refractivity contribution in [1.29, 1.82) is 0 Å². The second kappa shape index (κ2) is 10.5. The van der Waals surface area contributed by atoms with Crippen molar-refractivity contribution in [3.8, 4) is 11.1 Å². The highest BCUT2D eigenvalue weighted by Gasteiger charge is 2.15. The summed E-state index contributed by atoms with van der Waals surface area (Å²) in [7, 11) is 0. The minimum atomic E-state index is -0.303. The number of hydrogen-bond donors (Lipinski definition) is 2. The van der Waals surface area contributed by atoms with Gasteiger partial charge in [0.1, 0.15) is 22.0 Å². The van der Waals surface area contributed by atoms with Crippen molar-refractivity contribution in [1.82, 2.24) is 15.3 Å². The summed E-state index contributed by atoms with van der Waals surface area (Å²) in [6.07, 6.45) is 2.27. The quantitative estimate of drug-likeness (QED) is 0.277. The summed E-state index contributed by atoms with van der Waals surface area (Å²) in [6, 6.07) is 13.8. The number of benzene rings is 2. The number of aryl methyl sites for hydroxylation is 1. The van der Waals surface area contributed by atoms with Crippen LogP contribution in [-0.2, 0) is 16.0 Å². The number of carbonyl (C=O) groups is 2. The van der Waals surface area contributed by atoms with Crippen molar-refractivity contribution in [3.63, 3.8) is 0 Å². The van der Waals surface area contributed by atoms with E-state index in [1.165, 1.54) is 41.6 Å². The summed E-state index contributed by atoms with van der Waals surface area (Å²) in [5.41, 5.74) is 3.54. The third kappa shape index (κ3) is 5.55. The minimum absolute atomic E-state index is 0.101. The molecule has 2 amide bonds. The maximum atomic E-state index is 13.3. The first kappa shape index (κ1) is 22.9. The summed E-state index contributed by atoms with van der Waals surface area (Å²) in [4.78, 5) is 34.1. The molecule has 4 aromatic rings. The Hall–Kier alpha value is -3.30. The van der Waals surface area contributed by atoms with Gasteiger partial charge in [0.25, 0.3) is 0 Å². The van der Waals surface area contributed by atoms with Crippen LogP contribution in [-0.4, -0.2) is 34.1 Å². The van der Waals surface area contributed by atoms with Crippen molar-refractivity contribution in [2.24, 2.45) is 0 Å². The van der Waals surface area contributed by atoms with Gasteiger partial charge in [-0.05, 0) is 35.7 Å². The van der Waals surface area contributed by atoms with Crippen LogP contribution in [0.15, 0.2) is 65.3 Å². The van der Waals surface area contributed by atoms with Gasteiger partial charge in [-0.2, -0.15) is 0 Å². The van der Waals surface area contributed by atoms with Crippen molar-refractivity contribution < 1.29 is 14.0 Å². The predicted molar refractivity (Wildman–Crippen MR) is 131 cm³/mol. The lowest BCUT2D eigenvalue weighted by molar-refractivity contribution is -0.122. The molecule has 0 aliphatic rings. The van der Waals surface area contributed by atoms with Crippen LogP contribution in [0.2, 0.25) is 0 Å². The van der Waals surface area contributed by atoms with Crippen LogP contribution in [0.5, 0.6) is 0 Å². The number of fused-ring (bicyclic) bond motifs is 1. The molecule has 0 saturated carbocycles. The normalized spacial score (nSPS) is 10.8. The molecule has 2 aromatic heterocycles. The van der Waals surface area contributed by atoms with Gasteiger partial charge < -0.3 is 10.6 Å². The largest absolute Gasteiger partial charge is 0.346 e. The smallest absolute Gasteiger partial charge is 0.243 e. The van der Waals surface area contributed by atoms with Crippen LogP contribution < -0.4 is 10.6 Å². The van der Waals surface area contributed by atoms with E-state index in [4.69, 9.17) is 0 Å². The zero-order valence-electron chi connectivity index (χ0n) is 17.8. The fourth-order valence-corrected chi connectivity index (χ4v) is 5.13. The molecule has 4 rings (SSSR count). The molecule has 2 heterocycles. The topological polar surface area (TPSA) is 84.0 Å². The number of nitrogens with one attached hydrogen (secondary N) is 2. The molecule has 0 spiro atoms. The van der Waals surface area contributed by atoms with E-state index in [0.29, 0.717) is 5.03 Å². The van der Waals surface area contributed by atoms with Gasteiger partial charge in [0, 0.05) is 16.6 Å². The molecule has 33 heavy (non-hydrogen) atoms. The summed E-state index contributed by atoms with van der Waals surface area (Å²) in [5.74, 6) is -0.758. The average molecular weight is 481 g/mol. The number of para-hydroxylation sites is 1. The minimum Gasteiger partial charge on any atom is -0.346 e. The number of rotatable bonds is 8. The Labute approximate surface area is 198 Å². The molecule has 0 radical (unpaired) electrons. The van der Waals surface area contributed by atoms with E-state index in [9.17, 15) is 14.0 Å². The number of hydrogen-bond acceptors (Lipinski definition) is 6. The molecule has 168 valence electrons. The second-order valence-electron chi connectivity index (χ2n) is 7.14. The predicted octanol–water partition coefficient (Wildman–Crippen LogP) is 4.91. The van der Waals surface area contributed by atoms with Crippen molar-refractivity contribution in [3.05, 3.63) is 71.6 Å². The van der Waals surface area contributed by atoms with E-state index in [-0.39, 0.29) is 29.9 Å². The Bertz CT molecular complexity index is 1290. The number of anilines is 1. The third-order valence-electron chi connectivity index (χ3n) is 4.95. The first-order chi connectivity index (χ1) is 16.0. The van der Waals surface area contributed by atoms with E-state index >= 15 is 0 Å². The van der Waals surface area contributed by atoms with Gasteiger partial charge in [0.05, 0.1) is 17.7 Å². The molecule has 0 aliphatic carbocycles. The van der Waals surface area contributed by atoms with E-state index in [1.807, 2.05) is 36.6 Å². The lowest BCUT2D eigenvalue weighted by Gasteiger charge is -2.10. The van der Waals surface area contributed by atoms with Gasteiger partial charge in [-0.1, -0.05) is 49.0 Å². The molecular weight excluding hydrogens is 459 g/mol. The molecule has 6 nitrogen and oxygen atoms in total. The molecular formula is C24H21FN4O2S2. The van der Waals surface area contributed by atoms with Crippen LogP contribution in [0.3, 0.4) is 0 Å². The van der Waals surface area contributed by atoms with Gasteiger partial charge in [-0.15, -0.1) is 11.3 Å². The zero-order chi connectivity index (χ0) is 23.2.